The Kier molecular flexibility index (Phi) is 7.50. The molecule has 1 saturated carbocycles. The molecule has 0 radical (unpaired) electrons. The normalized spacial score (nSPS) is 17.5. The maximum absolute atomic E-state index is 12.1. The van der Waals surface area contributed by atoms with E-state index in [1.54, 1.807) is 0 Å². The molecule has 2 N–H and O–H groups in total. The number of amides is 1. The number of hydrogen-bond acceptors (Lipinski definition) is 2. The third-order valence-corrected chi connectivity index (χ3v) is 5.09. The SMILES string of the molecule is O=C(NCCCc1cccc(CCC2(O)CCCCCC2)c1)C(F)(F)F. The van der Waals surface area contributed by atoms with E-state index >= 15 is 0 Å². The Morgan fingerprint density at radius 3 is 2.31 bits per heavy atom. The molecule has 3 nitrogen and oxygen atoms in total. The van der Waals surface area contributed by atoms with Gasteiger partial charge in [0.25, 0.3) is 0 Å². The van der Waals surface area contributed by atoms with Gasteiger partial charge in [0.15, 0.2) is 0 Å². The molecule has 26 heavy (non-hydrogen) atoms. The zero-order valence-electron chi connectivity index (χ0n) is 15.1. The summed E-state index contributed by atoms with van der Waals surface area (Å²) in [5, 5.41) is 12.6. The predicted molar refractivity (Wildman–Crippen MR) is 94.8 cm³/mol. The minimum Gasteiger partial charge on any atom is -0.390 e. The van der Waals surface area contributed by atoms with Gasteiger partial charge in [-0.05, 0) is 49.7 Å². The van der Waals surface area contributed by atoms with Gasteiger partial charge in [-0.1, -0.05) is 49.9 Å². The molecule has 0 bridgehead atoms. The fourth-order valence-corrected chi connectivity index (χ4v) is 3.55. The number of halogens is 3. The average molecular weight is 371 g/mol. The number of aliphatic hydroxyl groups is 1. The van der Waals surface area contributed by atoms with Crippen LogP contribution in [0.2, 0.25) is 0 Å². The summed E-state index contributed by atoms with van der Waals surface area (Å²) >= 11 is 0. The summed E-state index contributed by atoms with van der Waals surface area (Å²) in [7, 11) is 0. The van der Waals surface area contributed by atoms with Gasteiger partial charge in [-0.25, -0.2) is 0 Å². The van der Waals surface area contributed by atoms with Crippen molar-refractivity contribution in [3.8, 4) is 0 Å². The number of rotatable bonds is 7. The minimum atomic E-state index is -4.82. The third kappa shape index (κ3) is 6.98. The van der Waals surface area contributed by atoms with Crippen molar-refractivity contribution in [3.05, 3.63) is 35.4 Å². The fourth-order valence-electron chi connectivity index (χ4n) is 3.55. The molecule has 1 amide bonds. The Morgan fingerprint density at radius 1 is 1.08 bits per heavy atom. The first-order chi connectivity index (χ1) is 12.3. The molecule has 2 rings (SSSR count). The lowest BCUT2D eigenvalue weighted by atomic mass is 9.87. The Hall–Kier alpha value is -1.56. The van der Waals surface area contributed by atoms with Crippen molar-refractivity contribution in [2.75, 3.05) is 6.54 Å². The summed E-state index contributed by atoms with van der Waals surface area (Å²) in [6, 6.07) is 7.95. The second kappa shape index (κ2) is 9.40. The monoisotopic (exact) mass is 371 g/mol. The van der Waals surface area contributed by atoms with Crippen LogP contribution in [0.25, 0.3) is 0 Å². The molecule has 1 fully saturated rings. The first kappa shape index (κ1) is 20.7. The van der Waals surface area contributed by atoms with Gasteiger partial charge < -0.3 is 10.4 Å². The van der Waals surface area contributed by atoms with E-state index in [2.05, 4.69) is 0 Å². The average Bonchev–Trinajstić information content (AvgIpc) is 2.81. The van der Waals surface area contributed by atoms with E-state index in [-0.39, 0.29) is 6.54 Å². The summed E-state index contributed by atoms with van der Waals surface area (Å²) in [4.78, 5) is 10.8. The highest BCUT2D eigenvalue weighted by Crippen LogP contribution is 2.31. The van der Waals surface area contributed by atoms with Crippen LogP contribution >= 0.6 is 0 Å². The lowest BCUT2D eigenvalue weighted by molar-refractivity contribution is -0.173. The number of carbonyl (C=O) groups is 1. The van der Waals surface area contributed by atoms with Crippen LogP contribution in [0.5, 0.6) is 0 Å². The van der Waals surface area contributed by atoms with Gasteiger partial charge in [-0.2, -0.15) is 13.2 Å². The molecule has 1 aromatic carbocycles. The van der Waals surface area contributed by atoms with E-state index in [1.807, 2.05) is 29.6 Å². The number of benzene rings is 1. The molecule has 0 aliphatic heterocycles. The van der Waals surface area contributed by atoms with E-state index in [9.17, 15) is 23.1 Å². The molecule has 0 heterocycles. The van der Waals surface area contributed by atoms with Gasteiger partial charge in [-0.3, -0.25) is 4.79 Å². The van der Waals surface area contributed by atoms with Crippen LogP contribution in [-0.4, -0.2) is 29.3 Å². The first-order valence-corrected chi connectivity index (χ1v) is 9.44. The highest BCUT2D eigenvalue weighted by molar-refractivity contribution is 5.81. The van der Waals surface area contributed by atoms with Gasteiger partial charge in [0, 0.05) is 6.54 Å². The molecule has 1 aromatic rings. The molecule has 146 valence electrons. The first-order valence-electron chi connectivity index (χ1n) is 9.44. The second-order valence-corrected chi connectivity index (χ2v) is 7.32. The van der Waals surface area contributed by atoms with Gasteiger partial charge in [0.1, 0.15) is 0 Å². The molecule has 0 aromatic heterocycles. The van der Waals surface area contributed by atoms with Crippen molar-refractivity contribution in [2.45, 2.75) is 76.0 Å². The molecule has 0 spiro atoms. The summed E-state index contributed by atoms with van der Waals surface area (Å²) < 4.78 is 36.3. The van der Waals surface area contributed by atoms with Crippen LogP contribution in [-0.2, 0) is 17.6 Å². The van der Waals surface area contributed by atoms with E-state index < -0.39 is 17.7 Å². The van der Waals surface area contributed by atoms with Crippen molar-refractivity contribution in [1.29, 1.82) is 0 Å². The molecule has 6 heteroatoms. The largest absolute Gasteiger partial charge is 0.471 e. The van der Waals surface area contributed by atoms with Crippen molar-refractivity contribution in [3.63, 3.8) is 0 Å². The summed E-state index contributed by atoms with van der Waals surface area (Å²) in [5.74, 6) is -1.89. The van der Waals surface area contributed by atoms with Crippen LogP contribution in [0.3, 0.4) is 0 Å². The molecule has 0 saturated heterocycles. The zero-order chi connectivity index (χ0) is 19.0. The van der Waals surface area contributed by atoms with Gasteiger partial charge in [0.05, 0.1) is 5.60 Å². The summed E-state index contributed by atoms with van der Waals surface area (Å²) in [5.41, 5.74) is 1.62. The number of hydrogen-bond donors (Lipinski definition) is 2. The van der Waals surface area contributed by atoms with Crippen molar-refractivity contribution >= 4 is 5.91 Å². The summed E-state index contributed by atoms with van der Waals surface area (Å²) in [6.45, 7) is 0.00230. The highest BCUT2D eigenvalue weighted by atomic mass is 19.4. The fraction of sp³-hybridized carbons (Fsp3) is 0.650. The molecule has 0 unspecified atom stereocenters. The lowest BCUT2D eigenvalue weighted by Gasteiger charge is -2.26. The Balaban J connectivity index is 1.77. The van der Waals surface area contributed by atoms with Crippen molar-refractivity contribution in [1.82, 2.24) is 5.32 Å². The van der Waals surface area contributed by atoms with Crippen molar-refractivity contribution in [2.24, 2.45) is 0 Å². The smallest absolute Gasteiger partial charge is 0.390 e. The van der Waals surface area contributed by atoms with E-state index in [0.717, 1.165) is 49.7 Å². The van der Waals surface area contributed by atoms with E-state index in [0.29, 0.717) is 12.8 Å². The van der Waals surface area contributed by atoms with Crippen LogP contribution < -0.4 is 5.32 Å². The molecule has 1 aliphatic rings. The highest BCUT2D eigenvalue weighted by Gasteiger charge is 2.38. The van der Waals surface area contributed by atoms with Crippen LogP contribution in [0.1, 0.15) is 62.5 Å². The molecule has 1 aliphatic carbocycles. The number of nitrogens with one attached hydrogen (secondary N) is 1. The Morgan fingerprint density at radius 2 is 1.69 bits per heavy atom. The Labute approximate surface area is 153 Å². The quantitative estimate of drug-likeness (QED) is 0.554. The predicted octanol–water partition coefficient (Wildman–Crippen LogP) is 4.32. The third-order valence-electron chi connectivity index (χ3n) is 5.09. The lowest BCUT2D eigenvalue weighted by Crippen LogP contribution is -2.37. The van der Waals surface area contributed by atoms with Gasteiger partial charge in [0.2, 0.25) is 0 Å². The topological polar surface area (TPSA) is 49.3 Å². The number of aryl methyl sites for hydroxylation is 2. The maximum Gasteiger partial charge on any atom is 0.471 e. The summed E-state index contributed by atoms with van der Waals surface area (Å²) in [6.07, 6.45) is 4.08. The van der Waals surface area contributed by atoms with Gasteiger partial charge in [-0.15, -0.1) is 0 Å². The maximum atomic E-state index is 12.1. The van der Waals surface area contributed by atoms with E-state index in [1.165, 1.54) is 12.8 Å². The van der Waals surface area contributed by atoms with Crippen molar-refractivity contribution < 1.29 is 23.1 Å². The van der Waals surface area contributed by atoms with Crippen LogP contribution in [0, 0.1) is 0 Å². The van der Waals surface area contributed by atoms with Gasteiger partial charge >= 0.3 is 12.1 Å². The Bertz CT molecular complexity index is 579. The molecular weight excluding hydrogens is 343 g/mol. The number of alkyl halides is 3. The zero-order valence-corrected chi connectivity index (χ0v) is 15.1. The minimum absolute atomic E-state index is 0.00230. The molecule has 0 atom stereocenters. The van der Waals surface area contributed by atoms with Crippen LogP contribution in [0.15, 0.2) is 24.3 Å². The molecular formula is C20H28F3NO2. The standard InChI is InChI=1S/C20H28F3NO2/c21-20(22,23)18(25)24-14-6-9-16-7-5-8-17(15-16)10-13-19(26)11-3-1-2-4-12-19/h5,7-8,15,26H,1-4,6,9-14H2,(H,24,25). The number of carbonyl (C=O) groups excluding carboxylic acids is 1. The van der Waals surface area contributed by atoms with Crippen LogP contribution in [0.4, 0.5) is 13.2 Å². The second-order valence-electron chi connectivity index (χ2n) is 7.32. The van der Waals surface area contributed by atoms with E-state index in [4.69, 9.17) is 0 Å².